The Labute approximate surface area is 144 Å². The Bertz CT molecular complexity index is 643. The number of hydrogen-bond donors (Lipinski definition) is 2. The molecule has 0 aliphatic heterocycles. The zero-order valence-electron chi connectivity index (χ0n) is 14.7. The van der Waals surface area contributed by atoms with Crippen molar-refractivity contribution in [1.82, 2.24) is 0 Å². The van der Waals surface area contributed by atoms with Gasteiger partial charge in [-0.1, -0.05) is 43.3 Å². The lowest BCUT2D eigenvalue weighted by molar-refractivity contribution is 0.133. The summed E-state index contributed by atoms with van der Waals surface area (Å²) in [4.78, 5) is 0. The van der Waals surface area contributed by atoms with Crippen molar-refractivity contribution in [2.75, 3.05) is 14.2 Å². The van der Waals surface area contributed by atoms with E-state index < -0.39 is 6.23 Å². The SMILES string of the molecule is CCC(Cc1ccc(OC)c(OC)c1)(C[C@H](N)O)c1ccccc1. The minimum absolute atomic E-state index is 0.227. The van der Waals surface area contributed by atoms with E-state index in [-0.39, 0.29) is 5.41 Å². The second kappa shape index (κ2) is 8.18. The number of rotatable bonds is 8. The Morgan fingerprint density at radius 2 is 1.71 bits per heavy atom. The number of benzene rings is 2. The molecular formula is C20H27NO3. The van der Waals surface area contributed by atoms with E-state index in [0.29, 0.717) is 17.9 Å². The third kappa shape index (κ3) is 4.08. The number of aliphatic hydroxyl groups is 1. The zero-order chi connectivity index (χ0) is 17.6. The van der Waals surface area contributed by atoms with Crippen LogP contribution in [0.2, 0.25) is 0 Å². The predicted molar refractivity (Wildman–Crippen MR) is 96.5 cm³/mol. The van der Waals surface area contributed by atoms with Gasteiger partial charge in [0.15, 0.2) is 11.5 Å². The van der Waals surface area contributed by atoms with E-state index in [1.165, 1.54) is 5.56 Å². The molecular weight excluding hydrogens is 302 g/mol. The topological polar surface area (TPSA) is 64.7 Å². The van der Waals surface area contributed by atoms with Gasteiger partial charge in [0.05, 0.1) is 14.2 Å². The summed E-state index contributed by atoms with van der Waals surface area (Å²) in [5, 5.41) is 9.87. The molecule has 2 aromatic rings. The molecule has 24 heavy (non-hydrogen) atoms. The van der Waals surface area contributed by atoms with Gasteiger partial charge >= 0.3 is 0 Å². The van der Waals surface area contributed by atoms with E-state index in [0.717, 1.165) is 18.4 Å². The van der Waals surface area contributed by atoms with Crippen molar-refractivity contribution in [1.29, 1.82) is 0 Å². The molecule has 0 aromatic heterocycles. The molecule has 4 nitrogen and oxygen atoms in total. The Morgan fingerprint density at radius 3 is 2.25 bits per heavy atom. The third-order valence-corrected chi connectivity index (χ3v) is 4.65. The molecule has 0 spiro atoms. The van der Waals surface area contributed by atoms with Crippen molar-refractivity contribution in [3.63, 3.8) is 0 Å². The first-order valence-corrected chi connectivity index (χ1v) is 8.24. The highest BCUT2D eigenvalue weighted by atomic mass is 16.5. The molecule has 0 saturated heterocycles. The average molecular weight is 329 g/mol. The number of ether oxygens (including phenoxy) is 2. The number of hydrogen-bond acceptors (Lipinski definition) is 4. The minimum atomic E-state index is -0.856. The molecule has 2 rings (SSSR count). The summed E-state index contributed by atoms with van der Waals surface area (Å²) in [6, 6.07) is 16.2. The van der Waals surface area contributed by atoms with Crippen LogP contribution < -0.4 is 15.2 Å². The van der Waals surface area contributed by atoms with E-state index in [9.17, 15) is 5.11 Å². The van der Waals surface area contributed by atoms with Crippen molar-refractivity contribution < 1.29 is 14.6 Å². The van der Waals surface area contributed by atoms with Crippen LogP contribution in [0, 0.1) is 0 Å². The van der Waals surface area contributed by atoms with Gasteiger partial charge in [0, 0.05) is 5.41 Å². The van der Waals surface area contributed by atoms with Crippen LogP contribution in [0.1, 0.15) is 30.9 Å². The van der Waals surface area contributed by atoms with Gasteiger partial charge in [0.2, 0.25) is 0 Å². The average Bonchev–Trinajstić information content (AvgIpc) is 2.61. The molecule has 0 saturated carbocycles. The van der Waals surface area contributed by atoms with Crippen molar-refractivity contribution in [2.45, 2.75) is 37.8 Å². The fraction of sp³-hybridized carbons (Fsp3) is 0.400. The molecule has 0 heterocycles. The minimum Gasteiger partial charge on any atom is -0.493 e. The van der Waals surface area contributed by atoms with E-state index in [4.69, 9.17) is 15.2 Å². The lowest BCUT2D eigenvalue weighted by Crippen LogP contribution is -2.36. The molecule has 0 aliphatic carbocycles. The first-order valence-electron chi connectivity index (χ1n) is 8.24. The van der Waals surface area contributed by atoms with Crippen molar-refractivity contribution in [2.24, 2.45) is 5.73 Å². The maximum atomic E-state index is 9.87. The molecule has 0 radical (unpaired) electrons. The molecule has 0 aliphatic rings. The van der Waals surface area contributed by atoms with Gasteiger partial charge in [-0.25, -0.2) is 0 Å². The summed E-state index contributed by atoms with van der Waals surface area (Å²) in [5.41, 5.74) is 7.84. The van der Waals surface area contributed by atoms with Crippen LogP contribution in [-0.2, 0) is 11.8 Å². The summed E-state index contributed by atoms with van der Waals surface area (Å²) in [6.45, 7) is 2.14. The normalized spacial score (nSPS) is 14.7. The molecule has 4 heteroatoms. The Kier molecular flexibility index (Phi) is 6.23. The van der Waals surface area contributed by atoms with Crippen molar-refractivity contribution in [3.05, 3.63) is 59.7 Å². The number of aliphatic hydroxyl groups excluding tert-OH is 1. The lowest BCUT2D eigenvalue weighted by Gasteiger charge is -2.35. The highest BCUT2D eigenvalue weighted by Gasteiger charge is 2.32. The standard InChI is InChI=1S/C20H27NO3/c1-4-20(14-19(21)22,16-8-6-5-7-9-16)13-15-10-11-17(23-2)18(12-15)24-3/h5-12,19,22H,4,13-14,21H2,1-3H3/t19-,20?/m1/s1. The molecule has 1 unspecified atom stereocenters. The number of nitrogens with two attached hydrogens (primary N) is 1. The Hall–Kier alpha value is -2.04. The first-order chi connectivity index (χ1) is 11.5. The van der Waals surface area contributed by atoms with Gasteiger partial charge in [-0.15, -0.1) is 0 Å². The zero-order valence-corrected chi connectivity index (χ0v) is 14.7. The summed E-state index contributed by atoms with van der Waals surface area (Å²) in [5.74, 6) is 1.42. The van der Waals surface area contributed by atoms with Gasteiger partial charge < -0.3 is 20.3 Å². The second-order valence-corrected chi connectivity index (χ2v) is 6.14. The molecule has 0 bridgehead atoms. The van der Waals surface area contributed by atoms with E-state index in [2.05, 4.69) is 19.1 Å². The smallest absolute Gasteiger partial charge is 0.160 e. The Balaban J connectivity index is 2.42. The molecule has 2 aromatic carbocycles. The van der Waals surface area contributed by atoms with Crippen LogP contribution in [0.25, 0.3) is 0 Å². The van der Waals surface area contributed by atoms with Gasteiger partial charge in [-0.3, -0.25) is 0 Å². The second-order valence-electron chi connectivity index (χ2n) is 6.14. The summed E-state index contributed by atoms with van der Waals surface area (Å²) >= 11 is 0. The molecule has 3 N–H and O–H groups in total. The fourth-order valence-electron chi connectivity index (χ4n) is 3.34. The largest absolute Gasteiger partial charge is 0.493 e. The van der Waals surface area contributed by atoms with E-state index in [1.54, 1.807) is 14.2 Å². The fourth-order valence-corrected chi connectivity index (χ4v) is 3.34. The Morgan fingerprint density at radius 1 is 1.04 bits per heavy atom. The molecule has 0 amide bonds. The number of methoxy groups -OCH3 is 2. The van der Waals surface area contributed by atoms with Gasteiger partial charge in [0.1, 0.15) is 6.23 Å². The summed E-state index contributed by atoms with van der Waals surface area (Å²) < 4.78 is 10.7. The quantitative estimate of drug-likeness (QED) is 0.730. The van der Waals surface area contributed by atoms with Crippen LogP contribution in [0.3, 0.4) is 0 Å². The van der Waals surface area contributed by atoms with Crippen LogP contribution in [0.5, 0.6) is 11.5 Å². The monoisotopic (exact) mass is 329 g/mol. The third-order valence-electron chi connectivity index (χ3n) is 4.65. The molecule has 130 valence electrons. The van der Waals surface area contributed by atoms with Crippen LogP contribution >= 0.6 is 0 Å². The van der Waals surface area contributed by atoms with E-state index >= 15 is 0 Å². The highest BCUT2D eigenvalue weighted by molar-refractivity contribution is 5.44. The summed E-state index contributed by atoms with van der Waals surface area (Å²) in [6.07, 6.45) is 1.29. The highest BCUT2D eigenvalue weighted by Crippen LogP contribution is 2.38. The van der Waals surface area contributed by atoms with Gasteiger partial charge in [-0.2, -0.15) is 0 Å². The van der Waals surface area contributed by atoms with Crippen LogP contribution in [-0.4, -0.2) is 25.6 Å². The molecule has 2 atom stereocenters. The van der Waals surface area contributed by atoms with Crippen molar-refractivity contribution >= 4 is 0 Å². The van der Waals surface area contributed by atoms with E-state index in [1.807, 2.05) is 36.4 Å². The first kappa shape index (κ1) is 18.3. The van der Waals surface area contributed by atoms with Crippen molar-refractivity contribution in [3.8, 4) is 11.5 Å². The van der Waals surface area contributed by atoms with Gasteiger partial charge in [0.25, 0.3) is 0 Å². The predicted octanol–water partition coefficient (Wildman–Crippen LogP) is 3.26. The summed E-state index contributed by atoms with van der Waals surface area (Å²) in [7, 11) is 3.26. The lowest BCUT2D eigenvalue weighted by atomic mass is 9.70. The van der Waals surface area contributed by atoms with Crippen LogP contribution in [0.15, 0.2) is 48.5 Å². The maximum absolute atomic E-state index is 9.87. The van der Waals surface area contributed by atoms with Crippen LogP contribution in [0.4, 0.5) is 0 Å². The van der Waals surface area contributed by atoms with Gasteiger partial charge in [-0.05, 0) is 42.5 Å². The molecule has 0 fully saturated rings. The maximum Gasteiger partial charge on any atom is 0.160 e.